The Balaban J connectivity index is 1.16. The maximum absolute atomic E-state index is 12.5. The first kappa shape index (κ1) is 18.0. The molecule has 0 atom stereocenters. The number of benzene rings is 2. The van der Waals surface area contributed by atoms with Crippen LogP contribution in [0.2, 0.25) is 0 Å². The van der Waals surface area contributed by atoms with E-state index in [-0.39, 0.29) is 5.91 Å². The van der Waals surface area contributed by atoms with E-state index in [0.29, 0.717) is 29.7 Å². The molecule has 1 heterocycles. The number of carbonyl (C=O) groups is 1. The van der Waals surface area contributed by atoms with Gasteiger partial charge in [0.05, 0.1) is 12.2 Å². The molecule has 0 saturated heterocycles. The molecule has 148 valence electrons. The largest absolute Gasteiger partial charge is 0.457 e. The topological polar surface area (TPSA) is 56.2 Å². The molecule has 1 aromatic heterocycles. The minimum Gasteiger partial charge on any atom is -0.457 e. The van der Waals surface area contributed by atoms with E-state index in [1.807, 2.05) is 42.5 Å². The Morgan fingerprint density at radius 3 is 2.34 bits per heavy atom. The molecule has 1 N–H and O–H groups in total. The first-order valence-electron chi connectivity index (χ1n) is 10.4. The minimum absolute atomic E-state index is 0.0706. The molecular formula is C24H25N3O2. The standard InChI is InChI=1S/C24H25N3O2/c28-24(19-10-12-21(13-11-19)29-20-4-2-1-3-5-20)25-14-15-27-23(18-8-9-18)16-22(26-27)17-6-7-17/h1-5,10-13,16-18H,6-9,14-15H2,(H,25,28). The van der Waals surface area contributed by atoms with Gasteiger partial charge in [0.15, 0.2) is 0 Å². The predicted octanol–water partition coefficient (Wildman–Crippen LogP) is 4.86. The minimum atomic E-state index is -0.0706. The number of hydrogen-bond donors (Lipinski definition) is 1. The van der Waals surface area contributed by atoms with Crippen LogP contribution in [0.1, 0.15) is 59.3 Å². The molecule has 0 spiro atoms. The van der Waals surface area contributed by atoms with Crippen molar-refractivity contribution >= 4 is 5.91 Å². The molecular weight excluding hydrogens is 362 g/mol. The molecule has 0 radical (unpaired) electrons. The van der Waals surface area contributed by atoms with Crippen molar-refractivity contribution in [3.63, 3.8) is 0 Å². The van der Waals surface area contributed by atoms with Crippen LogP contribution in [0.3, 0.4) is 0 Å². The van der Waals surface area contributed by atoms with E-state index in [2.05, 4.69) is 16.1 Å². The van der Waals surface area contributed by atoms with Crippen LogP contribution in [0.25, 0.3) is 0 Å². The molecule has 1 amide bonds. The average molecular weight is 387 g/mol. The second-order valence-electron chi connectivity index (χ2n) is 7.96. The molecule has 2 aromatic carbocycles. The molecule has 0 bridgehead atoms. The Labute approximate surface area is 170 Å². The zero-order valence-corrected chi connectivity index (χ0v) is 16.4. The SMILES string of the molecule is O=C(NCCn1nc(C2CC2)cc1C1CC1)c1ccc(Oc2ccccc2)cc1. The molecule has 0 aliphatic heterocycles. The third kappa shape index (κ3) is 4.34. The van der Waals surface area contributed by atoms with Gasteiger partial charge in [0, 0.05) is 29.6 Å². The molecule has 3 aromatic rings. The van der Waals surface area contributed by atoms with Gasteiger partial charge in [0.2, 0.25) is 0 Å². The van der Waals surface area contributed by atoms with E-state index in [9.17, 15) is 4.79 Å². The number of nitrogens with one attached hydrogen (secondary N) is 1. The highest BCUT2D eigenvalue weighted by Crippen LogP contribution is 2.44. The normalized spacial score (nSPS) is 15.9. The van der Waals surface area contributed by atoms with Crippen LogP contribution in [0.15, 0.2) is 60.7 Å². The van der Waals surface area contributed by atoms with Crippen molar-refractivity contribution in [3.05, 3.63) is 77.6 Å². The van der Waals surface area contributed by atoms with Gasteiger partial charge in [-0.1, -0.05) is 18.2 Å². The Morgan fingerprint density at radius 1 is 0.966 bits per heavy atom. The van der Waals surface area contributed by atoms with Crippen LogP contribution in [-0.2, 0) is 6.54 Å². The van der Waals surface area contributed by atoms with Gasteiger partial charge in [-0.2, -0.15) is 5.10 Å². The summed E-state index contributed by atoms with van der Waals surface area (Å²) in [4.78, 5) is 12.5. The molecule has 0 unspecified atom stereocenters. The van der Waals surface area contributed by atoms with Crippen LogP contribution in [-0.4, -0.2) is 22.2 Å². The first-order valence-corrected chi connectivity index (χ1v) is 10.4. The summed E-state index contributed by atoms with van der Waals surface area (Å²) >= 11 is 0. The molecule has 5 heteroatoms. The van der Waals surface area contributed by atoms with E-state index in [1.54, 1.807) is 12.1 Å². The number of carbonyl (C=O) groups excluding carboxylic acids is 1. The Kier molecular flexibility index (Phi) is 4.80. The van der Waals surface area contributed by atoms with E-state index in [4.69, 9.17) is 9.84 Å². The van der Waals surface area contributed by atoms with E-state index in [0.717, 1.165) is 12.3 Å². The summed E-state index contributed by atoms with van der Waals surface area (Å²) in [7, 11) is 0. The maximum Gasteiger partial charge on any atom is 0.251 e. The molecule has 29 heavy (non-hydrogen) atoms. The fourth-order valence-electron chi connectivity index (χ4n) is 3.59. The van der Waals surface area contributed by atoms with Crippen LogP contribution >= 0.6 is 0 Å². The van der Waals surface area contributed by atoms with E-state index >= 15 is 0 Å². The molecule has 2 aliphatic rings. The number of ether oxygens (including phenoxy) is 1. The Bertz CT molecular complexity index is 987. The summed E-state index contributed by atoms with van der Waals surface area (Å²) < 4.78 is 7.89. The van der Waals surface area contributed by atoms with Crippen molar-refractivity contribution in [3.8, 4) is 11.5 Å². The number of rotatable bonds is 8. The van der Waals surface area contributed by atoms with Gasteiger partial charge >= 0.3 is 0 Å². The summed E-state index contributed by atoms with van der Waals surface area (Å²) in [5, 5.41) is 7.82. The summed E-state index contributed by atoms with van der Waals surface area (Å²) in [6, 6.07) is 19.1. The van der Waals surface area contributed by atoms with Gasteiger partial charge in [-0.3, -0.25) is 9.48 Å². The predicted molar refractivity (Wildman–Crippen MR) is 111 cm³/mol. The number of aromatic nitrogens is 2. The summed E-state index contributed by atoms with van der Waals surface area (Å²) in [5.41, 5.74) is 3.22. The van der Waals surface area contributed by atoms with Crippen molar-refractivity contribution in [2.24, 2.45) is 0 Å². The summed E-state index contributed by atoms with van der Waals surface area (Å²) in [5.74, 6) is 2.76. The fourth-order valence-corrected chi connectivity index (χ4v) is 3.59. The highest BCUT2D eigenvalue weighted by atomic mass is 16.5. The van der Waals surface area contributed by atoms with Crippen LogP contribution in [0.4, 0.5) is 0 Å². The number of hydrogen-bond acceptors (Lipinski definition) is 3. The van der Waals surface area contributed by atoms with Crippen LogP contribution in [0.5, 0.6) is 11.5 Å². The van der Waals surface area contributed by atoms with Gasteiger partial charge in [-0.05, 0) is 68.1 Å². The molecule has 5 rings (SSSR count). The number of amides is 1. The van der Waals surface area contributed by atoms with Crippen molar-refractivity contribution in [1.29, 1.82) is 0 Å². The summed E-state index contributed by atoms with van der Waals surface area (Å²) in [6.07, 6.45) is 5.06. The third-order valence-corrected chi connectivity index (χ3v) is 5.53. The first-order chi connectivity index (χ1) is 14.3. The Hall–Kier alpha value is -3.08. The van der Waals surface area contributed by atoms with Crippen LogP contribution in [0, 0.1) is 0 Å². The smallest absolute Gasteiger partial charge is 0.251 e. The lowest BCUT2D eigenvalue weighted by Crippen LogP contribution is -2.27. The Morgan fingerprint density at radius 2 is 1.66 bits per heavy atom. The van der Waals surface area contributed by atoms with Crippen LogP contribution < -0.4 is 10.1 Å². The number of nitrogens with zero attached hydrogens (tertiary/aromatic N) is 2. The van der Waals surface area contributed by atoms with Crippen molar-refractivity contribution in [1.82, 2.24) is 15.1 Å². The van der Waals surface area contributed by atoms with Gasteiger partial charge in [-0.15, -0.1) is 0 Å². The highest BCUT2D eigenvalue weighted by molar-refractivity contribution is 5.94. The lowest BCUT2D eigenvalue weighted by Gasteiger charge is -2.09. The average Bonchev–Trinajstić information content (AvgIpc) is 3.68. The van der Waals surface area contributed by atoms with Gasteiger partial charge in [0.25, 0.3) is 5.91 Å². The van der Waals surface area contributed by atoms with E-state index in [1.165, 1.54) is 37.1 Å². The van der Waals surface area contributed by atoms with Gasteiger partial charge < -0.3 is 10.1 Å². The van der Waals surface area contributed by atoms with Crippen molar-refractivity contribution in [2.75, 3.05) is 6.54 Å². The van der Waals surface area contributed by atoms with Crippen molar-refractivity contribution < 1.29 is 9.53 Å². The van der Waals surface area contributed by atoms with E-state index < -0.39 is 0 Å². The lowest BCUT2D eigenvalue weighted by atomic mass is 10.2. The molecule has 2 saturated carbocycles. The molecule has 5 nitrogen and oxygen atoms in total. The third-order valence-electron chi connectivity index (χ3n) is 5.53. The quantitative estimate of drug-likeness (QED) is 0.600. The second-order valence-corrected chi connectivity index (χ2v) is 7.96. The lowest BCUT2D eigenvalue weighted by molar-refractivity contribution is 0.0952. The zero-order chi connectivity index (χ0) is 19.6. The second kappa shape index (κ2) is 7.74. The van der Waals surface area contributed by atoms with Gasteiger partial charge in [-0.25, -0.2) is 0 Å². The maximum atomic E-state index is 12.5. The fraction of sp³-hybridized carbons (Fsp3) is 0.333. The monoisotopic (exact) mass is 387 g/mol. The highest BCUT2D eigenvalue weighted by Gasteiger charge is 2.32. The molecule has 2 aliphatic carbocycles. The molecule has 2 fully saturated rings. The summed E-state index contributed by atoms with van der Waals surface area (Å²) in [6.45, 7) is 1.30. The number of para-hydroxylation sites is 1. The zero-order valence-electron chi connectivity index (χ0n) is 16.4. The van der Waals surface area contributed by atoms with Gasteiger partial charge in [0.1, 0.15) is 11.5 Å². The van der Waals surface area contributed by atoms with Crippen molar-refractivity contribution in [2.45, 2.75) is 44.1 Å².